The van der Waals surface area contributed by atoms with Gasteiger partial charge in [0.1, 0.15) is 5.82 Å². The highest BCUT2D eigenvalue weighted by Gasteiger charge is 2.18. The fourth-order valence-corrected chi connectivity index (χ4v) is 4.11. The summed E-state index contributed by atoms with van der Waals surface area (Å²) < 4.78 is 54.7. The van der Waals surface area contributed by atoms with Crippen molar-refractivity contribution in [3.8, 4) is 0 Å². The van der Waals surface area contributed by atoms with Crippen LogP contribution in [0.5, 0.6) is 0 Å². The predicted molar refractivity (Wildman–Crippen MR) is 101 cm³/mol. The van der Waals surface area contributed by atoms with Crippen molar-refractivity contribution < 1.29 is 26.9 Å². The number of nitrogens with one attached hydrogen (secondary N) is 2. The van der Waals surface area contributed by atoms with Gasteiger partial charge in [-0.3, -0.25) is 4.21 Å². The number of nitrogens with zero attached hydrogens (tertiary/aromatic N) is 4. The summed E-state index contributed by atoms with van der Waals surface area (Å²) in [7, 11) is -6.02. The molecule has 2 rings (SSSR count). The molecule has 148 valence electrons. The van der Waals surface area contributed by atoms with E-state index in [-0.39, 0.29) is 34.1 Å². The molecule has 0 saturated carbocycles. The molecular formula is C12H14BrFN6O5S2. The maximum Gasteiger partial charge on any atom is 0.257 e. The number of hydrogen-bond acceptors (Lipinski definition) is 9. The van der Waals surface area contributed by atoms with E-state index in [1.54, 1.807) is 0 Å². The van der Waals surface area contributed by atoms with E-state index < -0.39 is 26.4 Å². The average molecular weight is 485 g/mol. The van der Waals surface area contributed by atoms with Crippen molar-refractivity contribution in [2.24, 2.45) is 8.92 Å². The molecule has 1 aromatic heterocycles. The second-order valence-corrected chi connectivity index (χ2v) is 9.11. The van der Waals surface area contributed by atoms with Gasteiger partial charge in [0.05, 0.1) is 21.3 Å². The van der Waals surface area contributed by atoms with Crippen LogP contribution >= 0.6 is 15.9 Å². The minimum Gasteiger partial charge on any atom is -0.409 e. The third kappa shape index (κ3) is 6.44. The Balaban J connectivity index is 2.08. The summed E-state index contributed by atoms with van der Waals surface area (Å²) in [6.45, 7) is 0.0379. The SMILES string of the molecule is CS(=O)(=O)/N=[SH](=O)/CCNc1nonc1/C(=N/O)Nc1ccc(F)c(Br)c1. The molecule has 0 amide bonds. The van der Waals surface area contributed by atoms with Gasteiger partial charge in [0.25, 0.3) is 10.0 Å². The first-order valence-electron chi connectivity index (χ1n) is 7.08. The van der Waals surface area contributed by atoms with Crippen molar-refractivity contribution in [2.45, 2.75) is 0 Å². The summed E-state index contributed by atoms with van der Waals surface area (Å²) in [5.74, 6) is -0.651. The lowest BCUT2D eigenvalue weighted by atomic mass is 10.3. The molecule has 1 heterocycles. The van der Waals surface area contributed by atoms with E-state index in [9.17, 15) is 22.2 Å². The monoisotopic (exact) mass is 484 g/mol. The lowest BCUT2D eigenvalue weighted by molar-refractivity contribution is 0.305. The van der Waals surface area contributed by atoms with Crippen molar-refractivity contribution in [3.63, 3.8) is 0 Å². The van der Waals surface area contributed by atoms with Gasteiger partial charge in [-0.25, -0.2) is 17.4 Å². The largest absolute Gasteiger partial charge is 0.409 e. The van der Waals surface area contributed by atoms with Crippen LogP contribution in [0.1, 0.15) is 5.69 Å². The Kier molecular flexibility index (Phi) is 7.09. The molecule has 0 bridgehead atoms. The Hall–Kier alpha value is -2.26. The Labute approximate surface area is 163 Å². The molecule has 0 aliphatic carbocycles. The van der Waals surface area contributed by atoms with Gasteiger partial charge >= 0.3 is 0 Å². The van der Waals surface area contributed by atoms with E-state index in [1.807, 2.05) is 0 Å². The Morgan fingerprint density at radius 1 is 1.44 bits per heavy atom. The molecule has 0 saturated heterocycles. The molecule has 0 radical (unpaired) electrons. The third-order valence-corrected chi connectivity index (χ3v) is 5.96. The zero-order valence-electron chi connectivity index (χ0n) is 13.6. The van der Waals surface area contributed by atoms with Gasteiger partial charge in [-0.1, -0.05) is 5.16 Å². The van der Waals surface area contributed by atoms with E-state index in [1.165, 1.54) is 18.2 Å². The number of benzene rings is 1. The molecule has 0 aliphatic heterocycles. The minimum atomic E-state index is -3.70. The van der Waals surface area contributed by atoms with Gasteiger partial charge in [-0.2, -0.15) is 0 Å². The van der Waals surface area contributed by atoms with Crippen LogP contribution in [0.2, 0.25) is 0 Å². The molecule has 1 unspecified atom stereocenters. The van der Waals surface area contributed by atoms with Crippen LogP contribution in [0.25, 0.3) is 0 Å². The van der Waals surface area contributed by atoms with E-state index in [0.29, 0.717) is 5.69 Å². The smallest absolute Gasteiger partial charge is 0.257 e. The van der Waals surface area contributed by atoms with Crippen molar-refractivity contribution in [3.05, 3.63) is 34.2 Å². The van der Waals surface area contributed by atoms with E-state index in [4.69, 9.17) is 0 Å². The molecule has 15 heteroatoms. The Morgan fingerprint density at radius 3 is 2.81 bits per heavy atom. The zero-order valence-corrected chi connectivity index (χ0v) is 16.9. The second kappa shape index (κ2) is 9.09. The molecule has 27 heavy (non-hydrogen) atoms. The van der Waals surface area contributed by atoms with Crippen molar-refractivity contribution in [1.82, 2.24) is 10.3 Å². The van der Waals surface area contributed by atoms with Crippen molar-refractivity contribution in [1.29, 1.82) is 0 Å². The number of amidine groups is 1. The molecule has 11 nitrogen and oxygen atoms in total. The molecule has 0 aliphatic rings. The lowest BCUT2D eigenvalue weighted by Crippen LogP contribution is -2.18. The summed E-state index contributed by atoms with van der Waals surface area (Å²) >= 11 is 3.03. The summed E-state index contributed by atoms with van der Waals surface area (Å²) in [6, 6.07) is 4.02. The van der Waals surface area contributed by atoms with Crippen LogP contribution in [-0.2, 0) is 20.6 Å². The highest BCUT2D eigenvalue weighted by molar-refractivity contribution is 9.10. The fourth-order valence-electron chi connectivity index (χ4n) is 1.78. The first-order chi connectivity index (χ1) is 12.7. The molecule has 0 fully saturated rings. The zero-order chi connectivity index (χ0) is 20.0. The number of oxime groups is 1. The van der Waals surface area contributed by atoms with Gasteiger partial charge in [-0.15, -0.1) is 3.77 Å². The first-order valence-corrected chi connectivity index (χ1v) is 11.1. The maximum atomic E-state index is 13.3. The van der Waals surface area contributed by atoms with Crippen LogP contribution in [0, 0.1) is 5.82 Å². The maximum absolute atomic E-state index is 13.3. The van der Waals surface area contributed by atoms with Gasteiger partial charge in [0.2, 0.25) is 11.7 Å². The standard InChI is InChI=1S/C12H14BrFN6O5S2/c1-27(23,24)20-26(22)5-4-15-11-10(18-25-19-11)12(17-21)16-7-2-3-9(14)8(13)6-7/h2-3,6,21,26H,4-5H2,1H3,(H,15,19)(H,16,17). The normalized spacial score (nSPS) is 13.5. The Morgan fingerprint density at radius 2 is 2.19 bits per heavy atom. The quantitative estimate of drug-likeness (QED) is 0.149. The van der Waals surface area contributed by atoms with E-state index >= 15 is 0 Å². The number of hydrogen-bond donors (Lipinski definition) is 4. The number of aromatic nitrogens is 2. The van der Waals surface area contributed by atoms with Crippen molar-refractivity contribution >= 4 is 53.9 Å². The van der Waals surface area contributed by atoms with E-state index in [2.05, 4.69) is 50.4 Å². The molecule has 3 N–H and O–H groups in total. The van der Waals surface area contributed by atoms with Gasteiger partial charge in [-0.05, 0) is 44.4 Å². The van der Waals surface area contributed by atoms with Crippen LogP contribution < -0.4 is 10.6 Å². The van der Waals surface area contributed by atoms with Crippen LogP contribution in [0.4, 0.5) is 15.9 Å². The van der Waals surface area contributed by atoms with Gasteiger partial charge < -0.3 is 15.8 Å². The van der Waals surface area contributed by atoms with Crippen molar-refractivity contribution in [2.75, 3.05) is 29.2 Å². The second-order valence-electron chi connectivity index (χ2n) is 4.98. The van der Waals surface area contributed by atoms with Crippen LogP contribution in [0.3, 0.4) is 0 Å². The minimum absolute atomic E-state index is 0.00627. The van der Waals surface area contributed by atoms with Gasteiger partial charge in [0, 0.05) is 18.0 Å². The molecule has 2 aromatic rings. The van der Waals surface area contributed by atoms with Crippen LogP contribution in [0.15, 0.2) is 36.2 Å². The Bertz CT molecular complexity index is 1030. The summed E-state index contributed by atoms with van der Waals surface area (Å²) in [5.41, 5.74) is 0.383. The number of sulfonamides is 1. The summed E-state index contributed by atoms with van der Waals surface area (Å²) in [6.07, 6.45) is 0.844. The molecule has 1 aromatic carbocycles. The predicted octanol–water partition coefficient (Wildman–Crippen LogP) is 1.26. The summed E-state index contributed by atoms with van der Waals surface area (Å²) in [5, 5.41) is 24.9. The van der Waals surface area contributed by atoms with Crippen LogP contribution in [-0.4, -0.2) is 52.5 Å². The number of rotatable bonds is 7. The number of halogens is 2. The lowest BCUT2D eigenvalue weighted by Gasteiger charge is -2.08. The van der Waals surface area contributed by atoms with Gasteiger partial charge in [0.15, 0.2) is 5.69 Å². The number of anilines is 2. The highest BCUT2D eigenvalue weighted by Crippen LogP contribution is 2.21. The number of thiol groups is 1. The molecular weight excluding hydrogens is 471 g/mol. The average Bonchev–Trinajstić information content (AvgIpc) is 3.02. The first kappa shape index (κ1) is 21.0. The molecule has 0 spiro atoms. The fraction of sp³-hybridized carbons (Fsp3) is 0.250. The molecule has 1 atom stereocenters. The topological polar surface area (TPSA) is 159 Å². The third-order valence-electron chi connectivity index (χ3n) is 2.83. The van der Waals surface area contributed by atoms with E-state index in [0.717, 1.165) is 6.26 Å². The highest BCUT2D eigenvalue weighted by atomic mass is 79.9. The summed E-state index contributed by atoms with van der Waals surface area (Å²) in [4.78, 5) is 0.